The fourth-order valence-electron chi connectivity index (χ4n) is 6.96. The highest BCUT2D eigenvalue weighted by atomic mass is 32.2. The van der Waals surface area contributed by atoms with Gasteiger partial charge in [0, 0.05) is 72.6 Å². The van der Waals surface area contributed by atoms with Gasteiger partial charge in [0.05, 0.1) is 15.5 Å². The molecule has 1 aliphatic rings. The van der Waals surface area contributed by atoms with Crippen LogP contribution in [0.4, 0.5) is 11.4 Å². The number of nitro benzene ring substituents is 1. The number of sulfonamides is 1. The van der Waals surface area contributed by atoms with Crippen LogP contribution in [0.1, 0.15) is 84.0 Å². The number of H-pyrrole nitrogens is 1. The van der Waals surface area contributed by atoms with Crippen LogP contribution in [-0.2, 0) is 32.2 Å². The summed E-state index contributed by atoms with van der Waals surface area (Å²) in [6, 6.07) is 22.2. The quantitative estimate of drug-likeness (QED) is 0.0254. The second kappa shape index (κ2) is 20.9. The maximum Gasteiger partial charge on any atom is 0.354 e. The average molecular weight is 884 g/mol. The van der Waals surface area contributed by atoms with Crippen molar-refractivity contribution in [2.45, 2.75) is 95.5 Å². The summed E-state index contributed by atoms with van der Waals surface area (Å²) in [5, 5.41) is 21.0. The van der Waals surface area contributed by atoms with Crippen LogP contribution in [0.5, 0.6) is 0 Å². The number of piperidine rings is 1. The number of benzene rings is 3. The van der Waals surface area contributed by atoms with E-state index in [0.29, 0.717) is 43.8 Å². The van der Waals surface area contributed by atoms with Gasteiger partial charge in [-0.1, -0.05) is 65.8 Å². The molecule has 1 saturated heterocycles. The van der Waals surface area contributed by atoms with Crippen LogP contribution in [0.2, 0.25) is 0 Å². The van der Waals surface area contributed by atoms with Crippen molar-refractivity contribution in [1.82, 2.24) is 29.5 Å². The van der Waals surface area contributed by atoms with Crippen molar-refractivity contribution >= 4 is 44.3 Å². The molecule has 8 N–H and O–H groups in total. The number of hydrogen-bond acceptors (Lipinski definition) is 10. The fraction of sp³-hybridized carbons (Fsp3) is 0.422. The van der Waals surface area contributed by atoms with Gasteiger partial charge < -0.3 is 32.4 Å². The summed E-state index contributed by atoms with van der Waals surface area (Å²) in [6.45, 7) is 16.2. The monoisotopic (exact) mass is 883 g/mol. The molecule has 0 unspecified atom stereocenters. The van der Waals surface area contributed by atoms with E-state index in [-0.39, 0.29) is 58.0 Å². The lowest BCUT2D eigenvalue weighted by Crippen LogP contribution is -2.47. The first-order valence-corrected chi connectivity index (χ1v) is 22.5. The standard InChI is InChI=1S/C24H32N4O5S.C21H29N7O/c1-24(2,3)18-4-10-22(11-5-18)34(32,33)27(20-12-15-25-16-13-20)17-14-23(29)26-19-6-8-21(9-7-19)28(30)31;1-21(2,3)17-11-15-13-28(20(29)27-18(15)26-17)16-7-5-14(6-8-16)12-24-9-4-10-25-19(22)23/h4-11,20,25H,12-17H2,1-3H3,(H,26,29);5-8,11,13,24H,4,9-10,12H2,1-3H3,(H4,22,23,25)(H,26,27,29). The molecule has 63 heavy (non-hydrogen) atoms. The smallest absolute Gasteiger partial charge is 0.354 e. The van der Waals surface area contributed by atoms with Gasteiger partial charge in [-0.05, 0) is 97.9 Å². The Morgan fingerprint density at radius 3 is 2.21 bits per heavy atom. The summed E-state index contributed by atoms with van der Waals surface area (Å²) in [6.07, 6.45) is 4.02. The number of anilines is 1. The van der Waals surface area contributed by atoms with E-state index in [4.69, 9.17) is 11.5 Å². The zero-order valence-corrected chi connectivity index (χ0v) is 37.8. The lowest BCUT2D eigenvalue weighted by Gasteiger charge is -2.33. The van der Waals surface area contributed by atoms with Gasteiger partial charge in [-0.15, -0.1) is 0 Å². The van der Waals surface area contributed by atoms with Gasteiger partial charge >= 0.3 is 5.69 Å². The molecule has 17 nitrogen and oxygen atoms in total. The van der Waals surface area contributed by atoms with Crippen LogP contribution >= 0.6 is 0 Å². The summed E-state index contributed by atoms with van der Waals surface area (Å²) >= 11 is 0. The SMILES string of the molecule is CC(C)(C)c1cc2cn(-c3ccc(CNCCCN=C(N)N)cc3)c(=O)nc2[nH]1.CC(C)(C)c1ccc(S(=O)(=O)N(CCC(=O)Nc2ccc([N+](=O)[O-])cc2)C2CCNCC2)cc1. The molecule has 1 aliphatic heterocycles. The third-order valence-corrected chi connectivity index (χ3v) is 12.6. The third kappa shape index (κ3) is 13.5. The Morgan fingerprint density at radius 1 is 0.968 bits per heavy atom. The highest BCUT2D eigenvalue weighted by Gasteiger charge is 2.33. The molecule has 3 heterocycles. The first-order valence-electron chi connectivity index (χ1n) is 21.1. The van der Waals surface area contributed by atoms with Gasteiger partial charge in [-0.25, -0.2) is 13.2 Å². The van der Waals surface area contributed by atoms with Crippen molar-refractivity contribution in [1.29, 1.82) is 0 Å². The molecule has 1 fully saturated rings. The molecule has 2 aromatic heterocycles. The van der Waals surface area contributed by atoms with E-state index in [2.05, 4.69) is 78.5 Å². The van der Waals surface area contributed by atoms with E-state index in [1.165, 1.54) is 28.6 Å². The number of guanidine groups is 1. The van der Waals surface area contributed by atoms with Gasteiger partial charge in [0.25, 0.3) is 5.69 Å². The van der Waals surface area contributed by atoms with Crippen molar-refractivity contribution in [2.24, 2.45) is 16.5 Å². The molecule has 18 heteroatoms. The Bertz CT molecular complexity index is 2510. The Morgan fingerprint density at radius 2 is 1.62 bits per heavy atom. The summed E-state index contributed by atoms with van der Waals surface area (Å²) in [5.41, 5.74) is 15.2. The molecule has 0 saturated carbocycles. The zero-order valence-electron chi connectivity index (χ0n) is 37.0. The van der Waals surface area contributed by atoms with Gasteiger partial charge in [0.1, 0.15) is 5.65 Å². The number of nitrogens with one attached hydrogen (secondary N) is 4. The minimum absolute atomic E-state index is 0.0276. The predicted molar refractivity (Wildman–Crippen MR) is 249 cm³/mol. The van der Waals surface area contributed by atoms with Crippen LogP contribution in [-0.4, -0.2) is 82.8 Å². The molecule has 3 aromatic carbocycles. The molecule has 5 aromatic rings. The lowest BCUT2D eigenvalue weighted by atomic mass is 9.87. The van der Waals surface area contributed by atoms with Gasteiger partial charge in [0.2, 0.25) is 15.9 Å². The van der Waals surface area contributed by atoms with Crippen LogP contribution in [0.15, 0.2) is 99.7 Å². The van der Waals surface area contributed by atoms with E-state index in [1.54, 1.807) is 16.7 Å². The zero-order chi connectivity index (χ0) is 46.0. The number of nitrogens with zero attached hydrogens (tertiary/aromatic N) is 5. The normalized spacial score (nSPS) is 13.6. The number of carbonyl (C=O) groups excluding carboxylic acids is 1. The minimum Gasteiger partial charge on any atom is -0.370 e. The topological polar surface area (TPSA) is 249 Å². The molecular weight excluding hydrogens is 823 g/mol. The van der Waals surface area contributed by atoms with Crippen LogP contribution < -0.4 is 33.1 Å². The van der Waals surface area contributed by atoms with Crippen LogP contribution in [0.25, 0.3) is 16.7 Å². The summed E-state index contributed by atoms with van der Waals surface area (Å²) in [4.78, 5) is 47.0. The van der Waals surface area contributed by atoms with E-state index in [0.717, 1.165) is 47.4 Å². The van der Waals surface area contributed by atoms with E-state index < -0.39 is 14.9 Å². The van der Waals surface area contributed by atoms with Crippen molar-refractivity contribution in [2.75, 3.05) is 38.0 Å². The number of nitro groups is 1. The maximum atomic E-state index is 13.6. The minimum atomic E-state index is -3.80. The Labute approximate surface area is 369 Å². The largest absolute Gasteiger partial charge is 0.370 e. The molecule has 338 valence electrons. The first-order chi connectivity index (χ1) is 29.7. The molecule has 0 radical (unpaired) electrons. The maximum absolute atomic E-state index is 13.6. The Kier molecular flexibility index (Phi) is 16.0. The van der Waals surface area contributed by atoms with Crippen molar-refractivity contribution < 1.29 is 18.1 Å². The lowest BCUT2D eigenvalue weighted by molar-refractivity contribution is -0.384. The van der Waals surface area contributed by atoms with Crippen LogP contribution in [0, 0.1) is 10.1 Å². The number of carbonyl (C=O) groups is 1. The molecular formula is C45H61N11O6S. The molecule has 0 atom stereocenters. The fourth-order valence-corrected chi connectivity index (χ4v) is 8.65. The number of aliphatic imine (C=N–C) groups is 1. The number of non-ortho nitro benzene ring substituents is 1. The molecule has 6 rings (SSSR count). The number of nitrogens with two attached hydrogens (primary N) is 2. The second-order valence-electron chi connectivity index (χ2n) is 17.6. The van der Waals surface area contributed by atoms with E-state index >= 15 is 0 Å². The highest BCUT2D eigenvalue weighted by molar-refractivity contribution is 7.89. The average Bonchev–Trinajstić information content (AvgIpc) is 3.66. The van der Waals surface area contributed by atoms with Gasteiger partial charge in [-0.2, -0.15) is 9.29 Å². The number of hydrogen-bond donors (Lipinski definition) is 6. The number of aromatic amines is 1. The Balaban J connectivity index is 0.000000240. The molecule has 0 aliphatic carbocycles. The number of rotatable bonds is 15. The Hall–Kier alpha value is -5.95. The van der Waals surface area contributed by atoms with E-state index in [1.807, 2.05) is 42.6 Å². The van der Waals surface area contributed by atoms with E-state index in [9.17, 15) is 28.1 Å². The summed E-state index contributed by atoms with van der Waals surface area (Å²) in [7, 11) is -3.80. The number of amides is 1. The van der Waals surface area contributed by atoms with Gasteiger partial charge in [0.15, 0.2) is 5.96 Å². The molecule has 0 spiro atoms. The summed E-state index contributed by atoms with van der Waals surface area (Å²) < 4.78 is 30.2. The molecule has 1 amide bonds. The van der Waals surface area contributed by atoms with Crippen molar-refractivity contribution in [3.63, 3.8) is 0 Å². The first kappa shape index (κ1) is 48.1. The molecule has 0 bridgehead atoms. The number of aromatic nitrogens is 3. The van der Waals surface area contributed by atoms with Crippen LogP contribution in [0.3, 0.4) is 0 Å². The second-order valence-corrected chi connectivity index (χ2v) is 19.5. The predicted octanol–water partition coefficient (Wildman–Crippen LogP) is 5.43. The third-order valence-electron chi connectivity index (χ3n) is 10.6. The van der Waals surface area contributed by atoms with Crippen molar-refractivity contribution in [3.05, 3.63) is 122 Å². The highest BCUT2D eigenvalue weighted by Crippen LogP contribution is 2.28. The van der Waals surface area contributed by atoms with Crippen molar-refractivity contribution in [3.8, 4) is 5.69 Å². The number of fused-ring (bicyclic) bond motifs is 1. The summed E-state index contributed by atoms with van der Waals surface area (Å²) in [5.74, 6) is -0.233. The van der Waals surface area contributed by atoms with Gasteiger partial charge in [-0.3, -0.25) is 24.5 Å².